The highest BCUT2D eigenvalue weighted by atomic mass is 35.5. The summed E-state index contributed by atoms with van der Waals surface area (Å²) in [6.45, 7) is 1.79. The van der Waals surface area contributed by atoms with Crippen molar-refractivity contribution < 1.29 is 14.3 Å². The lowest BCUT2D eigenvalue weighted by molar-refractivity contribution is 0.0696. The monoisotopic (exact) mass is 268 g/mol. The number of aromatic nitrogens is 2. The molecule has 0 saturated heterocycles. The number of halogens is 2. The number of hydrogen-bond acceptors (Lipinski definition) is 2. The van der Waals surface area contributed by atoms with Crippen LogP contribution in [-0.4, -0.2) is 20.9 Å². The van der Waals surface area contributed by atoms with E-state index in [1.54, 1.807) is 19.1 Å². The van der Waals surface area contributed by atoms with Gasteiger partial charge in [0.1, 0.15) is 16.5 Å². The molecule has 0 spiro atoms. The van der Waals surface area contributed by atoms with E-state index < -0.39 is 5.97 Å². The van der Waals surface area contributed by atoms with Crippen LogP contribution in [0, 0.1) is 12.7 Å². The summed E-state index contributed by atoms with van der Waals surface area (Å²) >= 11 is 5.94. The fourth-order valence-corrected chi connectivity index (χ4v) is 2.02. The quantitative estimate of drug-likeness (QED) is 0.931. The largest absolute Gasteiger partial charge is 0.478 e. The summed E-state index contributed by atoms with van der Waals surface area (Å²) in [6.07, 6.45) is 0. The highest BCUT2D eigenvalue weighted by molar-refractivity contribution is 6.32. The average Bonchev–Trinajstić information content (AvgIpc) is 2.54. The van der Waals surface area contributed by atoms with Gasteiger partial charge in [-0.2, -0.15) is 5.10 Å². The Morgan fingerprint density at radius 3 is 2.83 bits per heavy atom. The minimum Gasteiger partial charge on any atom is -0.478 e. The Kier molecular flexibility index (Phi) is 3.34. The minimum absolute atomic E-state index is 0.0203. The smallest absolute Gasteiger partial charge is 0.340 e. The second-order valence-corrected chi connectivity index (χ2v) is 4.20. The highest BCUT2D eigenvalue weighted by Crippen LogP contribution is 2.20. The zero-order valence-electron chi connectivity index (χ0n) is 9.52. The van der Waals surface area contributed by atoms with Crippen LogP contribution in [0.25, 0.3) is 0 Å². The maximum Gasteiger partial charge on any atom is 0.340 e. The highest BCUT2D eigenvalue weighted by Gasteiger charge is 2.19. The Morgan fingerprint density at radius 2 is 2.28 bits per heavy atom. The van der Waals surface area contributed by atoms with Crippen molar-refractivity contribution in [3.05, 3.63) is 52.1 Å². The van der Waals surface area contributed by atoms with Crippen molar-refractivity contribution in [3.8, 4) is 0 Å². The molecule has 0 bridgehead atoms. The summed E-state index contributed by atoms with van der Waals surface area (Å²) in [7, 11) is 0. The fourth-order valence-electron chi connectivity index (χ4n) is 1.71. The van der Waals surface area contributed by atoms with Gasteiger partial charge in [-0.1, -0.05) is 23.7 Å². The lowest BCUT2D eigenvalue weighted by Crippen LogP contribution is -2.03. The maximum absolute atomic E-state index is 13.0. The Bertz CT molecular complexity index is 610. The molecule has 2 rings (SSSR count). The fraction of sp³-hybridized carbons (Fsp3) is 0.167. The molecule has 94 valence electrons. The third kappa shape index (κ3) is 2.36. The van der Waals surface area contributed by atoms with Crippen LogP contribution in [0.2, 0.25) is 5.15 Å². The van der Waals surface area contributed by atoms with Crippen molar-refractivity contribution in [2.24, 2.45) is 0 Å². The van der Waals surface area contributed by atoms with Gasteiger partial charge in [-0.25, -0.2) is 13.9 Å². The Balaban J connectivity index is 2.36. The molecular weight excluding hydrogens is 259 g/mol. The standard InChI is InChI=1S/C12H10ClFN2O2/c1-7-10(12(17)18)11(13)16(15-7)6-8-3-2-4-9(14)5-8/h2-5H,6H2,1H3,(H,17,18). The Morgan fingerprint density at radius 1 is 1.56 bits per heavy atom. The Labute approximate surface area is 108 Å². The van der Waals surface area contributed by atoms with Crippen molar-refractivity contribution in [2.45, 2.75) is 13.5 Å². The molecule has 0 radical (unpaired) electrons. The maximum atomic E-state index is 13.0. The molecule has 0 aliphatic carbocycles. The number of rotatable bonds is 3. The van der Waals surface area contributed by atoms with Gasteiger partial charge in [-0.3, -0.25) is 0 Å². The topological polar surface area (TPSA) is 55.1 Å². The predicted octanol–water partition coefficient (Wildman–Crippen LogP) is 2.73. The normalized spacial score (nSPS) is 10.6. The first-order valence-electron chi connectivity index (χ1n) is 5.19. The summed E-state index contributed by atoms with van der Waals surface area (Å²) in [5, 5.41) is 13.1. The molecule has 0 fully saturated rings. The molecule has 4 nitrogen and oxygen atoms in total. The van der Waals surface area contributed by atoms with E-state index in [2.05, 4.69) is 5.10 Å². The van der Waals surface area contributed by atoms with Crippen LogP contribution in [0.1, 0.15) is 21.6 Å². The summed E-state index contributed by atoms with van der Waals surface area (Å²) < 4.78 is 14.4. The molecule has 1 aromatic heterocycles. The zero-order chi connectivity index (χ0) is 13.3. The molecule has 1 aromatic carbocycles. The number of aromatic carboxylic acids is 1. The lowest BCUT2D eigenvalue weighted by Gasteiger charge is -2.03. The van der Waals surface area contributed by atoms with Gasteiger partial charge in [0.05, 0.1) is 12.2 Å². The van der Waals surface area contributed by atoms with Crippen molar-refractivity contribution in [1.82, 2.24) is 9.78 Å². The molecule has 2 aromatic rings. The molecule has 0 aliphatic rings. The van der Waals surface area contributed by atoms with Crippen LogP contribution in [0.4, 0.5) is 4.39 Å². The second kappa shape index (κ2) is 4.78. The number of benzene rings is 1. The van der Waals surface area contributed by atoms with Gasteiger partial charge in [0.25, 0.3) is 0 Å². The van der Waals surface area contributed by atoms with E-state index in [1.807, 2.05) is 0 Å². The zero-order valence-corrected chi connectivity index (χ0v) is 10.3. The molecular formula is C12H10ClFN2O2. The van der Waals surface area contributed by atoms with E-state index in [-0.39, 0.29) is 23.1 Å². The van der Waals surface area contributed by atoms with Crippen LogP contribution in [0.5, 0.6) is 0 Å². The number of nitrogens with zero attached hydrogens (tertiary/aromatic N) is 2. The molecule has 0 unspecified atom stereocenters. The van der Waals surface area contributed by atoms with E-state index in [0.29, 0.717) is 11.3 Å². The van der Waals surface area contributed by atoms with Crippen LogP contribution in [0.3, 0.4) is 0 Å². The number of carbonyl (C=O) groups is 1. The van der Waals surface area contributed by atoms with Gasteiger partial charge >= 0.3 is 5.97 Å². The summed E-state index contributed by atoms with van der Waals surface area (Å²) in [5.74, 6) is -1.48. The van der Waals surface area contributed by atoms with Crippen LogP contribution < -0.4 is 0 Å². The van der Waals surface area contributed by atoms with Crippen molar-refractivity contribution in [1.29, 1.82) is 0 Å². The molecule has 18 heavy (non-hydrogen) atoms. The number of hydrogen-bond donors (Lipinski definition) is 1. The van der Waals surface area contributed by atoms with Gasteiger partial charge in [0, 0.05) is 0 Å². The summed E-state index contributed by atoms with van der Waals surface area (Å²) in [4.78, 5) is 11.0. The van der Waals surface area contributed by atoms with Crippen LogP contribution in [0.15, 0.2) is 24.3 Å². The third-order valence-electron chi connectivity index (χ3n) is 2.50. The Hall–Kier alpha value is -1.88. The van der Waals surface area contributed by atoms with Crippen molar-refractivity contribution in [3.63, 3.8) is 0 Å². The SMILES string of the molecule is Cc1nn(Cc2cccc(F)c2)c(Cl)c1C(=O)O. The van der Waals surface area contributed by atoms with E-state index in [4.69, 9.17) is 16.7 Å². The minimum atomic E-state index is -1.12. The van der Waals surface area contributed by atoms with Gasteiger partial charge in [-0.15, -0.1) is 0 Å². The molecule has 0 saturated carbocycles. The predicted molar refractivity (Wildman–Crippen MR) is 64.4 cm³/mol. The van der Waals surface area contributed by atoms with Gasteiger partial charge in [-0.05, 0) is 24.6 Å². The van der Waals surface area contributed by atoms with E-state index in [9.17, 15) is 9.18 Å². The first-order valence-corrected chi connectivity index (χ1v) is 5.57. The molecule has 6 heteroatoms. The lowest BCUT2D eigenvalue weighted by atomic mass is 10.2. The first-order chi connectivity index (χ1) is 8.49. The van der Waals surface area contributed by atoms with Gasteiger partial charge in [0.2, 0.25) is 0 Å². The van der Waals surface area contributed by atoms with Crippen molar-refractivity contribution in [2.75, 3.05) is 0 Å². The van der Waals surface area contributed by atoms with Crippen LogP contribution in [-0.2, 0) is 6.54 Å². The molecule has 0 amide bonds. The first kappa shape index (κ1) is 12.6. The average molecular weight is 269 g/mol. The van der Waals surface area contributed by atoms with E-state index in [1.165, 1.54) is 16.8 Å². The number of carboxylic acid groups (broad SMARTS) is 1. The second-order valence-electron chi connectivity index (χ2n) is 3.84. The van der Waals surface area contributed by atoms with Gasteiger partial charge in [0.15, 0.2) is 0 Å². The molecule has 0 atom stereocenters. The summed E-state index contributed by atoms with van der Waals surface area (Å²) in [5.41, 5.74) is 0.980. The van der Waals surface area contributed by atoms with Crippen LogP contribution >= 0.6 is 11.6 Å². The number of aryl methyl sites for hydroxylation is 1. The van der Waals surface area contributed by atoms with E-state index >= 15 is 0 Å². The van der Waals surface area contributed by atoms with Crippen molar-refractivity contribution >= 4 is 17.6 Å². The van der Waals surface area contributed by atoms with E-state index in [0.717, 1.165) is 0 Å². The number of carboxylic acids is 1. The molecule has 1 N–H and O–H groups in total. The third-order valence-corrected chi connectivity index (χ3v) is 2.88. The molecule has 1 heterocycles. The summed E-state index contributed by atoms with van der Waals surface area (Å²) in [6, 6.07) is 5.99. The van der Waals surface area contributed by atoms with Gasteiger partial charge < -0.3 is 5.11 Å². The molecule has 0 aliphatic heterocycles.